The molecule has 0 radical (unpaired) electrons. The summed E-state index contributed by atoms with van der Waals surface area (Å²) >= 11 is 0. The van der Waals surface area contributed by atoms with Crippen LogP contribution < -0.4 is 5.56 Å². The number of H-pyrrole nitrogens is 1. The molecule has 5 nitrogen and oxygen atoms in total. The molecule has 1 saturated heterocycles. The highest BCUT2D eigenvalue weighted by Gasteiger charge is 2.34. The summed E-state index contributed by atoms with van der Waals surface area (Å²) in [6, 6.07) is 9.00. The number of piperidine rings is 1. The van der Waals surface area contributed by atoms with Gasteiger partial charge in [0.15, 0.2) is 0 Å². The average Bonchev–Trinajstić information content (AvgIpc) is 2.61. The molecule has 1 aromatic carbocycles. The van der Waals surface area contributed by atoms with Gasteiger partial charge < -0.3 is 15.0 Å². The minimum atomic E-state index is -0.235. The first-order valence-corrected chi connectivity index (χ1v) is 8.11. The lowest BCUT2D eigenvalue weighted by Gasteiger charge is -2.40. The number of benzene rings is 1. The predicted octanol–water partition coefficient (Wildman–Crippen LogP) is 2.15. The van der Waals surface area contributed by atoms with Gasteiger partial charge in [-0.05, 0) is 42.2 Å². The number of pyridine rings is 1. The van der Waals surface area contributed by atoms with E-state index < -0.39 is 0 Å². The van der Waals surface area contributed by atoms with Gasteiger partial charge in [0.05, 0.1) is 0 Å². The normalized spacial score (nSPS) is 17.4. The van der Waals surface area contributed by atoms with E-state index >= 15 is 0 Å². The van der Waals surface area contributed by atoms with E-state index in [1.54, 1.807) is 17.0 Å². The van der Waals surface area contributed by atoms with E-state index in [9.17, 15) is 14.7 Å². The maximum atomic E-state index is 12.7. The Hall–Kier alpha value is -2.14. The summed E-state index contributed by atoms with van der Waals surface area (Å²) in [5.74, 6) is -0.143. The SMILES string of the molecule is CCC1(CO)CCN(C(=O)c2cc3ccccc3c(=O)[nH]2)CC1. The highest BCUT2D eigenvalue weighted by atomic mass is 16.3. The molecule has 0 aliphatic carbocycles. The molecule has 1 fully saturated rings. The zero-order valence-corrected chi connectivity index (χ0v) is 13.3. The maximum Gasteiger partial charge on any atom is 0.270 e. The largest absolute Gasteiger partial charge is 0.396 e. The maximum absolute atomic E-state index is 12.7. The van der Waals surface area contributed by atoms with Crippen LogP contribution in [0.25, 0.3) is 10.8 Å². The Labute approximate surface area is 134 Å². The van der Waals surface area contributed by atoms with Crippen molar-refractivity contribution in [2.45, 2.75) is 26.2 Å². The summed E-state index contributed by atoms with van der Waals surface area (Å²) in [7, 11) is 0. The molecule has 23 heavy (non-hydrogen) atoms. The Morgan fingerprint density at radius 3 is 2.65 bits per heavy atom. The van der Waals surface area contributed by atoms with E-state index in [2.05, 4.69) is 11.9 Å². The number of likely N-dealkylation sites (tertiary alicyclic amines) is 1. The summed E-state index contributed by atoms with van der Waals surface area (Å²) < 4.78 is 0. The first-order chi connectivity index (χ1) is 11.1. The summed E-state index contributed by atoms with van der Waals surface area (Å²) in [4.78, 5) is 29.3. The third kappa shape index (κ3) is 2.88. The number of aliphatic hydroxyl groups is 1. The van der Waals surface area contributed by atoms with Gasteiger partial charge in [0.2, 0.25) is 0 Å². The number of aromatic nitrogens is 1. The van der Waals surface area contributed by atoms with Gasteiger partial charge in [0.25, 0.3) is 11.5 Å². The second-order valence-electron chi connectivity index (χ2n) is 6.40. The van der Waals surface area contributed by atoms with Crippen molar-refractivity contribution in [2.75, 3.05) is 19.7 Å². The van der Waals surface area contributed by atoms with Crippen molar-refractivity contribution in [3.8, 4) is 0 Å². The predicted molar refractivity (Wildman–Crippen MR) is 89.5 cm³/mol. The van der Waals surface area contributed by atoms with E-state index in [1.165, 1.54) is 0 Å². The van der Waals surface area contributed by atoms with Crippen LogP contribution in [0.4, 0.5) is 0 Å². The van der Waals surface area contributed by atoms with Gasteiger partial charge >= 0.3 is 0 Å². The van der Waals surface area contributed by atoms with Gasteiger partial charge in [-0.15, -0.1) is 0 Å². The van der Waals surface area contributed by atoms with E-state index in [1.807, 2.05) is 18.2 Å². The molecule has 0 unspecified atom stereocenters. The zero-order valence-electron chi connectivity index (χ0n) is 13.3. The van der Waals surface area contributed by atoms with Crippen molar-refractivity contribution in [1.29, 1.82) is 0 Å². The molecule has 0 saturated carbocycles. The number of aromatic amines is 1. The number of hydrogen-bond acceptors (Lipinski definition) is 3. The fourth-order valence-electron chi connectivity index (χ4n) is 3.30. The molecular formula is C18H22N2O3. The number of nitrogens with one attached hydrogen (secondary N) is 1. The molecule has 2 heterocycles. The van der Waals surface area contributed by atoms with Gasteiger partial charge in [-0.3, -0.25) is 9.59 Å². The summed E-state index contributed by atoms with van der Waals surface area (Å²) in [6.07, 6.45) is 2.51. The number of hydrogen-bond donors (Lipinski definition) is 2. The standard InChI is InChI=1S/C18H22N2O3/c1-2-18(12-21)7-9-20(10-8-18)17(23)15-11-13-5-3-4-6-14(13)16(22)19-15/h3-6,11,21H,2,7-10,12H2,1H3,(H,19,22). The molecule has 1 aromatic heterocycles. The number of fused-ring (bicyclic) bond motifs is 1. The van der Waals surface area contributed by atoms with Crippen LogP contribution in [-0.2, 0) is 0 Å². The van der Waals surface area contributed by atoms with Crippen LogP contribution in [0, 0.1) is 5.41 Å². The summed E-state index contributed by atoms with van der Waals surface area (Å²) in [6.45, 7) is 3.47. The number of carbonyl (C=O) groups is 1. The Kier molecular flexibility index (Phi) is 4.22. The Bertz CT molecular complexity index is 767. The van der Waals surface area contributed by atoms with Crippen molar-refractivity contribution in [3.63, 3.8) is 0 Å². The molecule has 2 aromatic rings. The molecule has 0 spiro atoms. The highest BCUT2D eigenvalue weighted by Crippen LogP contribution is 2.34. The van der Waals surface area contributed by atoms with Crippen molar-refractivity contribution in [2.24, 2.45) is 5.41 Å². The van der Waals surface area contributed by atoms with Crippen LogP contribution in [0.3, 0.4) is 0 Å². The molecular weight excluding hydrogens is 292 g/mol. The Balaban J connectivity index is 1.83. The molecule has 0 bridgehead atoms. The first-order valence-electron chi connectivity index (χ1n) is 8.11. The first kappa shape index (κ1) is 15.7. The van der Waals surface area contributed by atoms with E-state index in [-0.39, 0.29) is 23.5 Å². The number of aliphatic hydroxyl groups excluding tert-OH is 1. The molecule has 1 aliphatic heterocycles. The quantitative estimate of drug-likeness (QED) is 0.911. The van der Waals surface area contributed by atoms with Crippen molar-refractivity contribution in [3.05, 3.63) is 46.4 Å². The van der Waals surface area contributed by atoms with Crippen molar-refractivity contribution < 1.29 is 9.90 Å². The van der Waals surface area contributed by atoms with E-state index in [0.717, 1.165) is 24.6 Å². The third-order valence-electron chi connectivity index (χ3n) is 5.18. The van der Waals surface area contributed by atoms with Gasteiger partial charge in [0, 0.05) is 25.1 Å². The molecule has 1 aliphatic rings. The molecule has 5 heteroatoms. The van der Waals surface area contributed by atoms with Crippen LogP contribution >= 0.6 is 0 Å². The number of rotatable bonds is 3. The van der Waals surface area contributed by atoms with Gasteiger partial charge in [-0.25, -0.2) is 0 Å². The van der Waals surface area contributed by atoms with Crippen LogP contribution in [0.15, 0.2) is 35.1 Å². The minimum absolute atomic E-state index is 0.0619. The van der Waals surface area contributed by atoms with Crippen LogP contribution in [-0.4, -0.2) is 40.6 Å². The topological polar surface area (TPSA) is 73.4 Å². The highest BCUT2D eigenvalue weighted by molar-refractivity contribution is 5.96. The number of nitrogens with zero attached hydrogens (tertiary/aromatic N) is 1. The number of carbonyl (C=O) groups excluding carboxylic acids is 1. The fourth-order valence-corrected chi connectivity index (χ4v) is 3.30. The lowest BCUT2D eigenvalue weighted by atomic mass is 9.77. The Morgan fingerprint density at radius 2 is 2.00 bits per heavy atom. The lowest BCUT2D eigenvalue weighted by molar-refractivity contribution is 0.0334. The van der Waals surface area contributed by atoms with Gasteiger partial charge in [0.1, 0.15) is 5.69 Å². The third-order valence-corrected chi connectivity index (χ3v) is 5.18. The van der Waals surface area contributed by atoms with Crippen LogP contribution in [0.5, 0.6) is 0 Å². The monoisotopic (exact) mass is 314 g/mol. The number of amides is 1. The molecule has 2 N–H and O–H groups in total. The average molecular weight is 314 g/mol. The van der Waals surface area contributed by atoms with Gasteiger partial charge in [-0.2, -0.15) is 0 Å². The lowest BCUT2D eigenvalue weighted by Crippen LogP contribution is -2.44. The van der Waals surface area contributed by atoms with E-state index in [0.29, 0.717) is 24.2 Å². The van der Waals surface area contributed by atoms with Crippen LogP contribution in [0.1, 0.15) is 36.7 Å². The van der Waals surface area contributed by atoms with Crippen LogP contribution in [0.2, 0.25) is 0 Å². The molecule has 122 valence electrons. The molecule has 1 amide bonds. The fraction of sp³-hybridized carbons (Fsp3) is 0.444. The Morgan fingerprint density at radius 1 is 1.30 bits per heavy atom. The molecule has 3 rings (SSSR count). The minimum Gasteiger partial charge on any atom is -0.396 e. The second kappa shape index (κ2) is 6.16. The van der Waals surface area contributed by atoms with Gasteiger partial charge in [-0.1, -0.05) is 25.1 Å². The van der Waals surface area contributed by atoms with Crippen molar-refractivity contribution >= 4 is 16.7 Å². The summed E-state index contributed by atoms with van der Waals surface area (Å²) in [5, 5.41) is 11.0. The molecule has 0 atom stereocenters. The van der Waals surface area contributed by atoms with Crippen molar-refractivity contribution in [1.82, 2.24) is 9.88 Å². The summed E-state index contributed by atoms with van der Waals surface area (Å²) in [5.41, 5.74) is 0.0385. The second-order valence-corrected chi connectivity index (χ2v) is 6.40. The van der Waals surface area contributed by atoms with E-state index in [4.69, 9.17) is 0 Å². The smallest absolute Gasteiger partial charge is 0.270 e. The zero-order chi connectivity index (χ0) is 16.4.